The SMILES string of the molecule is CC(CN=S1(=O)CCCC1)=C1CNC1. The third kappa shape index (κ3) is 2.17. The molecular formula is C10H18N2OS. The highest BCUT2D eigenvalue weighted by molar-refractivity contribution is 7.93. The van der Waals surface area contributed by atoms with Gasteiger partial charge in [-0.15, -0.1) is 0 Å². The first kappa shape index (κ1) is 10.2. The maximum Gasteiger partial charge on any atom is 0.0695 e. The van der Waals surface area contributed by atoms with Crippen molar-refractivity contribution in [2.45, 2.75) is 19.8 Å². The minimum atomic E-state index is -1.80. The summed E-state index contributed by atoms with van der Waals surface area (Å²) >= 11 is 0. The molecule has 2 saturated heterocycles. The molecule has 14 heavy (non-hydrogen) atoms. The Labute approximate surface area is 86.2 Å². The molecule has 4 heteroatoms. The number of nitrogens with one attached hydrogen (secondary N) is 1. The van der Waals surface area contributed by atoms with Gasteiger partial charge in [-0.05, 0) is 30.9 Å². The van der Waals surface area contributed by atoms with Gasteiger partial charge in [-0.3, -0.25) is 0 Å². The molecule has 0 aromatic heterocycles. The molecular weight excluding hydrogens is 196 g/mol. The highest BCUT2D eigenvalue weighted by Gasteiger charge is 2.16. The molecule has 2 heterocycles. The molecule has 2 fully saturated rings. The van der Waals surface area contributed by atoms with Crippen LogP contribution in [0, 0.1) is 0 Å². The van der Waals surface area contributed by atoms with E-state index in [1.807, 2.05) is 0 Å². The van der Waals surface area contributed by atoms with Crippen molar-refractivity contribution in [2.24, 2.45) is 4.36 Å². The predicted molar refractivity (Wildman–Crippen MR) is 60.0 cm³/mol. The molecule has 3 nitrogen and oxygen atoms in total. The highest BCUT2D eigenvalue weighted by atomic mass is 32.2. The van der Waals surface area contributed by atoms with Crippen molar-refractivity contribution in [1.29, 1.82) is 0 Å². The van der Waals surface area contributed by atoms with Crippen LogP contribution in [0.25, 0.3) is 0 Å². The van der Waals surface area contributed by atoms with Crippen LogP contribution in [0.5, 0.6) is 0 Å². The van der Waals surface area contributed by atoms with Gasteiger partial charge in [-0.1, -0.05) is 0 Å². The van der Waals surface area contributed by atoms with E-state index >= 15 is 0 Å². The predicted octanol–water partition coefficient (Wildman–Crippen LogP) is 1.17. The smallest absolute Gasteiger partial charge is 0.0695 e. The lowest BCUT2D eigenvalue weighted by molar-refractivity contribution is 0.654. The second-order valence-corrected chi connectivity index (χ2v) is 6.78. The van der Waals surface area contributed by atoms with E-state index in [2.05, 4.69) is 16.6 Å². The van der Waals surface area contributed by atoms with E-state index in [0.29, 0.717) is 6.54 Å². The van der Waals surface area contributed by atoms with Gasteiger partial charge in [-0.2, -0.15) is 0 Å². The van der Waals surface area contributed by atoms with E-state index in [1.54, 1.807) is 0 Å². The topological polar surface area (TPSA) is 41.5 Å². The minimum absolute atomic E-state index is 0.690. The largest absolute Gasteiger partial charge is 0.309 e. The number of hydrogen-bond acceptors (Lipinski definition) is 3. The van der Waals surface area contributed by atoms with Crippen molar-refractivity contribution in [3.63, 3.8) is 0 Å². The van der Waals surface area contributed by atoms with Crippen molar-refractivity contribution >= 4 is 9.73 Å². The third-order valence-electron chi connectivity index (χ3n) is 2.99. The van der Waals surface area contributed by atoms with Crippen LogP contribution in [0.4, 0.5) is 0 Å². The van der Waals surface area contributed by atoms with E-state index in [9.17, 15) is 4.21 Å². The van der Waals surface area contributed by atoms with Gasteiger partial charge in [0, 0.05) is 34.3 Å². The summed E-state index contributed by atoms with van der Waals surface area (Å²) in [5, 5.41) is 3.21. The van der Waals surface area contributed by atoms with Crippen molar-refractivity contribution in [2.75, 3.05) is 31.1 Å². The zero-order valence-corrected chi connectivity index (χ0v) is 9.53. The summed E-state index contributed by atoms with van der Waals surface area (Å²) < 4.78 is 16.4. The first-order valence-corrected chi connectivity index (χ1v) is 7.11. The van der Waals surface area contributed by atoms with Crippen LogP contribution in [-0.2, 0) is 9.73 Å². The molecule has 0 atom stereocenters. The monoisotopic (exact) mass is 214 g/mol. The summed E-state index contributed by atoms with van der Waals surface area (Å²) in [4.78, 5) is 0. The van der Waals surface area contributed by atoms with Gasteiger partial charge in [0.1, 0.15) is 0 Å². The molecule has 0 radical (unpaired) electrons. The average molecular weight is 214 g/mol. The fourth-order valence-corrected chi connectivity index (χ4v) is 3.97. The second kappa shape index (κ2) is 4.03. The number of rotatable bonds is 2. The van der Waals surface area contributed by atoms with Crippen LogP contribution in [0.1, 0.15) is 19.8 Å². The summed E-state index contributed by atoms with van der Waals surface area (Å²) in [6, 6.07) is 0. The molecule has 0 amide bonds. The van der Waals surface area contributed by atoms with Gasteiger partial charge in [-0.25, -0.2) is 8.57 Å². The average Bonchev–Trinajstić information content (AvgIpc) is 2.47. The van der Waals surface area contributed by atoms with Crippen LogP contribution in [0.15, 0.2) is 15.5 Å². The molecule has 0 unspecified atom stereocenters. The van der Waals surface area contributed by atoms with Crippen molar-refractivity contribution in [3.05, 3.63) is 11.1 Å². The van der Waals surface area contributed by atoms with Gasteiger partial charge < -0.3 is 5.32 Å². The lowest BCUT2D eigenvalue weighted by Crippen LogP contribution is -2.35. The van der Waals surface area contributed by atoms with Crippen LogP contribution in [0.3, 0.4) is 0 Å². The molecule has 0 bridgehead atoms. The Hall–Kier alpha value is -0.350. The molecule has 1 N–H and O–H groups in total. The van der Waals surface area contributed by atoms with Gasteiger partial charge in [0.15, 0.2) is 0 Å². The Morgan fingerprint density at radius 1 is 1.43 bits per heavy atom. The first-order chi connectivity index (χ1) is 6.70. The number of hydrogen-bond donors (Lipinski definition) is 1. The Morgan fingerprint density at radius 2 is 2.07 bits per heavy atom. The number of nitrogens with zero attached hydrogens (tertiary/aromatic N) is 1. The van der Waals surface area contributed by atoms with Crippen LogP contribution < -0.4 is 5.32 Å². The molecule has 2 rings (SSSR count). The summed E-state index contributed by atoms with van der Waals surface area (Å²) in [7, 11) is -1.80. The van der Waals surface area contributed by atoms with Gasteiger partial charge in [0.25, 0.3) is 0 Å². The van der Waals surface area contributed by atoms with Crippen LogP contribution >= 0.6 is 0 Å². The normalized spacial score (nSPS) is 24.5. The van der Waals surface area contributed by atoms with Crippen molar-refractivity contribution in [1.82, 2.24) is 5.32 Å². The van der Waals surface area contributed by atoms with E-state index in [4.69, 9.17) is 0 Å². The maximum absolute atomic E-state index is 12.0. The Balaban J connectivity index is 2.01. The summed E-state index contributed by atoms with van der Waals surface area (Å²) in [6.07, 6.45) is 2.19. The Morgan fingerprint density at radius 3 is 2.57 bits per heavy atom. The fourth-order valence-electron chi connectivity index (χ4n) is 1.76. The van der Waals surface area contributed by atoms with Gasteiger partial charge >= 0.3 is 0 Å². The molecule has 0 saturated carbocycles. The zero-order valence-electron chi connectivity index (χ0n) is 8.71. The Bertz CT molecular complexity index is 346. The fraction of sp³-hybridized carbons (Fsp3) is 0.800. The summed E-state index contributed by atoms with van der Waals surface area (Å²) in [5.41, 5.74) is 2.77. The van der Waals surface area contributed by atoms with E-state index < -0.39 is 9.73 Å². The quantitative estimate of drug-likeness (QED) is 0.701. The second-order valence-electron chi connectivity index (χ2n) is 4.16. The molecule has 0 aromatic rings. The summed E-state index contributed by atoms with van der Waals surface area (Å²) in [6.45, 7) is 4.80. The maximum atomic E-state index is 12.0. The summed E-state index contributed by atoms with van der Waals surface area (Å²) in [5.74, 6) is 1.65. The standard InChI is InChI=1S/C10H18N2OS/c1-9(10-7-11-8-10)6-12-14(13)4-2-3-5-14/h11H,2-8H2,1H3. The molecule has 0 aliphatic carbocycles. The van der Waals surface area contributed by atoms with Crippen molar-refractivity contribution in [3.8, 4) is 0 Å². The third-order valence-corrected chi connectivity index (χ3v) is 5.45. The van der Waals surface area contributed by atoms with Crippen LogP contribution in [0.2, 0.25) is 0 Å². The lowest BCUT2D eigenvalue weighted by Gasteiger charge is -2.21. The van der Waals surface area contributed by atoms with E-state index in [0.717, 1.165) is 37.4 Å². The van der Waals surface area contributed by atoms with E-state index in [-0.39, 0.29) is 0 Å². The molecule has 2 aliphatic heterocycles. The van der Waals surface area contributed by atoms with E-state index in [1.165, 1.54) is 11.1 Å². The molecule has 80 valence electrons. The molecule has 0 spiro atoms. The minimum Gasteiger partial charge on any atom is -0.309 e. The first-order valence-electron chi connectivity index (χ1n) is 5.26. The lowest BCUT2D eigenvalue weighted by atomic mass is 10.1. The van der Waals surface area contributed by atoms with Gasteiger partial charge in [0.2, 0.25) is 0 Å². The van der Waals surface area contributed by atoms with Crippen LogP contribution in [-0.4, -0.2) is 35.3 Å². The zero-order chi connectivity index (χ0) is 10.0. The Kier molecular flexibility index (Phi) is 2.93. The molecule has 0 aromatic carbocycles. The highest BCUT2D eigenvalue weighted by Crippen LogP contribution is 2.15. The molecule has 2 aliphatic rings. The van der Waals surface area contributed by atoms with Gasteiger partial charge in [0.05, 0.1) is 6.54 Å². The van der Waals surface area contributed by atoms with Crippen molar-refractivity contribution < 1.29 is 4.21 Å².